The van der Waals surface area contributed by atoms with Crippen molar-refractivity contribution in [3.8, 4) is 17.2 Å². The molecule has 130 valence electrons. The van der Waals surface area contributed by atoms with E-state index in [2.05, 4.69) is 0 Å². The summed E-state index contributed by atoms with van der Waals surface area (Å²) in [5, 5.41) is 0.412. The van der Waals surface area contributed by atoms with E-state index in [9.17, 15) is 9.59 Å². The maximum Gasteiger partial charge on any atom is 0.344 e. The quantitative estimate of drug-likeness (QED) is 0.581. The molecule has 0 fully saturated rings. The number of halogens is 1. The van der Waals surface area contributed by atoms with Crippen molar-refractivity contribution in [1.82, 2.24) is 0 Å². The van der Waals surface area contributed by atoms with Gasteiger partial charge in [-0.25, -0.2) is 4.79 Å². The maximum absolute atomic E-state index is 11.8. The minimum Gasteiger partial charge on any atom is -0.486 e. The van der Waals surface area contributed by atoms with Gasteiger partial charge in [0.25, 0.3) is 0 Å². The number of esters is 1. The number of ether oxygens (including phenoxy) is 4. The van der Waals surface area contributed by atoms with Crippen LogP contribution in [0.15, 0.2) is 36.4 Å². The third kappa shape index (κ3) is 4.42. The van der Waals surface area contributed by atoms with Gasteiger partial charge in [0, 0.05) is 5.56 Å². The molecule has 0 bridgehead atoms. The summed E-state index contributed by atoms with van der Waals surface area (Å²) in [7, 11) is 0. The van der Waals surface area contributed by atoms with Crippen LogP contribution in [0.1, 0.15) is 15.9 Å². The number of rotatable bonds is 6. The van der Waals surface area contributed by atoms with Gasteiger partial charge in [-0.05, 0) is 42.0 Å². The highest BCUT2D eigenvalue weighted by Gasteiger charge is 2.17. The number of aldehydes is 1. The molecule has 0 saturated heterocycles. The zero-order valence-corrected chi connectivity index (χ0v) is 14.0. The van der Waals surface area contributed by atoms with E-state index in [4.69, 9.17) is 30.5 Å². The Bertz CT molecular complexity index is 772. The highest BCUT2D eigenvalue weighted by Crippen LogP contribution is 2.38. The summed E-state index contributed by atoms with van der Waals surface area (Å²) in [4.78, 5) is 22.4. The Kier molecular flexibility index (Phi) is 5.40. The molecule has 2 aromatic carbocycles. The van der Waals surface area contributed by atoms with Gasteiger partial charge in [-0.3, -0.25) is 4.79 Å². The van der Waals surface area contributed by atoms with Crippen LogP contribution in [0.25, 0.3) is 0 Å². The number of hydrogen-bond donors (Lipinski definition) is 0. The second-order valence-corrected chi connectivity index (χ2v) is 5.65. The second-order valence-electron chi connectivity index (χ2n) is 5.24. The van der Waals surface area contributed by atoms with Crippen LogP contribution in [0.4, 0.5) is 0 Å². The SMILES string of the molecule is O=Cc1ccc(OCC(=O)OCc2cc(Cl)c3c(c2)OCCO3)cc1. The molecule has 0 amide bonds. The first-order valence-corrected chi connectivity index (χ1v) is 7.95. The molecule has 0 atom stereocenters. The highest BCUT2D eigenvalue weighted by atomic mass is 35.5. The van der Waals surface area contributed by atoms with E-state index in [1.807, 2.05) is 0 Å². The summed E-state index contributed by atoms with van der Waals surface area (Å²) in [6.07, 6.45) is 0.733. The van der Waals surface area contributed by atoms with E-state index in [1.165, 1.54) is 0 Å². The van der Waals surface area contributed by atoms with Crippen molar-refractivity contribution in [2.75, 3.05) is 19.8 Å². The van der Waals surface area contributed by atoms with Gasteiger partial charge in [0.2, 0.25) is 0 Å². The minimum atomic E-state index is -0.523. The van der Waals surface area contributed by atoms with Crippen molar-refractivity contribution in [3.05, 3.63) is 52.5 Å². The van der Waals surface area contributed by atoms with Crippen molar-refractivity contribution < 1.29 is 28.5 Å². The third-order valence-corrected chi connectivity index (χ3v) is 3.71. The number of benzene rings is 2. The van der Waals surface area contributed by atoms with Crippen LogP contribution in [0.2, 0.25) is 5.02 Å². The van der Waals surface area contributed by atoms with Crippen LogP contribution in [0.3, 0.4) is 0 Å². The summed E-state index contributed by atoms with van der Waals surface area (Å²) in [6, 6.07) is 9.82. The lowest BCUT2D eigenvalue weighted by molar-refractivity contribution is -0.147. The normalized spacial score (nSPS) is 12.4. The van der Waals surface area contributed by atoms with Crippen LogP contribution in [0, 0.1) is 0 Å². The van der Waals surface area contributed by atoms with Gasteiger partial charge >= 0.3 is 5.97 Å². The molecule has 7 heteroatoms. The van der Waals surface area contributed by atoms with E-state index in [0.717, 1.165) is 6.29 Å². The molecular weight excluding hydrogens is 348 g/mol. The molecule has 6 nitrogen and oxygen atoms in total. The van der Waals surface area contributed by atoms with Gasteiger partial charge in [0.05, 0.1) is 5.02 Å². The smallest absolute Gasteiger partial charge is 0.344 e. The van der Waals surface area contributed by atoms with Crippen molar-refractivity contribution in [2.24, 2.45) is 0 Å². The summed E-state index contributed by atoms with van der Waals surface area (Å²) in [5.74, 6) is 0.997. The predicted octanol–water partition coefficient (Wildman–Crippen LogP) is 3.05. The summed E-state index contributed by atoms with van der Waals surface area (Å²) >= 11 is 6.13. The molecule has 2 aromatic rings. The van der Waals surface area contributed by atoms with Crippen LogP contribution < -0.4 is 14.2 Å². The topological polar surface area (TPSA) is 71.1 Å². The lowest BCUT2D eigenvalue weighted by atomic mass is 10.2. The molecule has 0 N–H and O–H groups in total. The molecule has 0 aromatic heterocycles. The molecule has 0 radical (unpaired) electrons. The molecule has 0 spiro atoms. The average Bonchev–Trinajstić information content (AvgIpc) is 2.65. The minimum absolute atomic E-state index is 0.0443. The maximum atomic E-state index is 11.8. The monoisotopic (exact) mass is 362 g/mol. The summed E-state index contributed by atoms with van der Waals surface area (Å²) in [6.45, 7) is 0.705. The Morgan fingerprint density at radius 2 is 1.92 bits per heavy atom. The summed E-state index contributed by atoms with van der Waals surface area (Å²) < 4.78 is 21.4. The number of carbonyl (C=O) groups excluding carboxylic acids is 2. The molecule has 0 aliphatic carbocycles. The van der Waals surface area contributed by atoms with Gasteiger partial charge in [0.1, 0.15) is 31.9 Å². The lowest BCUT2D eigenvalue weighted by Crippen LogP contribution is -2.17. The molecule has 0 unspecified atom stereocenters. The van der Waals surface area contributed by atoms with Gasteiger partial charge < -0.3 is 18.9 Å². The van der Waals surface area contributed by atoms with E-state index in [1.54, 1.807) is 36.4 Å². The second kappa shape index (κ2) is 7.90. The molecule has 25 heavy (non-hydrogen) atoms. The number of carbonyl (C=O) groups is 2. The standard InChI is InChI=1S/C18H15ClO6/c19-15-7-13(8-16-18(15)23-6-5-22-16)10-25-17(21)11-24-14-3-1-12(9-20)2-4-14/h1-4,7-9H,5-6,10-11H2. The van der Waals surface area contributed by atoms with Crippen molar-refractivity contribution in [3.63, 3.8) is 0 Å². The number of fused-ring (bicyclic) bond motifs is 1. The Morgan fingerprint density at radius 1 is 1.16 bits per heavy atom. The molecule has 3 rings (SSSR count). The van der Waals surface area contributed by atoms with Gasteiger partial charge in [0.15, 0.2) is 18.1 Å². The zero-order chi connectivity index (χ0) is 17.6. The Hall–Kier alpha value is -2.73. The predicted molar refractivity (Wildman–Crippen MR) is 89.6 cm³/mol. The first kappa shape index (κ1) is 17.1. The fourth-order valence-electron chi connectivity index (χ4n) is 2.24. The first-order chi connectivity index (χ1) is 12.2. The fraction of sp³-hybridized carbons (Fsp3) is 0.222. The third-order valence-electron chi connectivity index (χ3n) is 3.43. The van der Waals surface area contributed by atoms with Gasteiger partial charge in [-0.15, -0.1) is 0 Å². The van der Waals surface area contributed by atoms with E-state index in [-0.39, 0.29) is 13.2 Å². The average molecular weight is 363 g/mol. The van der Waals surface area contributed by atoms with E-state index >= 15 is 0 Å². The fourth-order valence-corrected chi connectivity index (χ4v) is 2.53. The Morgan fingerprint density at radius 3 is 2.68 bits per heavy atom. The number of hydrogen-bond acceptors (Lipinski definition) is 6. The van der Waals surface area contributed by atoms with Crippen molar-refractivity contribution >= 4 is 23.9 Å². The first-order valence-electron chi connectivity index (χ1n) is 7.57. The van der Waals surface area contributed by atoms with Crippen molar-refractivity contribution in [1.29, 1.82) is 0 Å². The molecule has 0 saturated carbocycles. The molecule has 1 heterocycles. The zero-order valence-electron chi connectivity index (χ0n) is 13.2. The summed E-state index contributed by atoms with van der Waals surface area (Å²) in [5.41, 5.74) is 1.23. The molecule has 1 aliphatic heterocycles. The molecular formula is C18H15ClO6. The highest BCUT2D eigenvalue weighted by molar-refractivity contribution is 6.32. The van der Waals surface area contributed by atoms with Crippen LogP contribution in [-0.2, 0) is 16.1 Å². The van der Waals surface area contributed by atoms with Crippen LogP contribution in [0.5, 0.6) is 17.2 Å². The Balaban J connectivity index is 1.51. The van der Waals surface area contributed by atoms with Gasteiger partial charge in [-0.2, -0.15) is 0 Å². The van der Waals surface area contributed by atoms with E-state index in [0.29, 0.717) is 46.6 Å². The largest absolute Gasteiger partial charge is 0.486 e. The Labute approximate surface area is 149 Å². The molecule has 1 aliphatic rings. The lowest BCUT2D eigenvalue weighted by Gasteiger charge is -2.20. The van der Waals surface area contributed by atoms with Crippen LogP contribution >= 0.6 is 11.6 Å². The van der Waals surface area contributed by atoms with Crippen LogP contribution in [-0.4, -0.2) is 32.1 Å². The van der Waals surface area contributed by atoms with E-state index < -0.39 is 5.97 Å². The van der Waals surface area contributed by atoms with Crippen molar-refractivity contribution in [2.45, 2.75) is 6.61 Å². The van der Waals surface area contributed by atoms with Gasteiger partial charge in [-0.1, -0.05) is 11.6 Å².